The van der Waals surface area contributed by atoms with Gasteiger partial charge < -0.3 is 19.2 Å². The molecule has 1 aliphatic rings. The highest BCUT2D eigenvalue weighted by Crippen LogP contribution is 2.17. The van der Waals surface area contributed by atoms with E-state index in [1.54, 1.807) is 13.8 Å². The fraction of sp³-hybridized carbons (Fsp3) is 0.579. The molecule has 5 heteroatoms. The summed E-state index contributed by atoms with van der Waals surface area (Å²) in [6, 6.07) is 7.58. The van der Waals surface area contributed by atoms with E-state index in [0.29, 0.717) is 25.3 Å². The van der Waals surface area contributed by atoms with Crippen molar-refractivity contribution in [1.29, 1.82) is 0 Å². The number of carbonyl (C=O) groups excluding carboxylic acids is 2. The minimum absolute atomic E-state index is 0.0161. The van der Waals surface area contributed by atoms with Gasteiger partial charge in [0.1, 0.15) is 11.5 Å². The summed E-state index contributed by atoms with van der Waals surface area (Å²) in [7, 11) is 0. The number of benzene rings is 1. The zero-order chi connectivity index (χ0) is 17.7. The number of aryl methyl sites for hydroxylation is 1. The molecule has 3 unspecified atom stereocenters. The summed E-state index contributed by atoms with van der Waals surface area (Å²) in [5.74, 6) is 0.831. The van der Waals surface area contributed by atoms with Crippen LogP contribution in [0, 0.1) is 0 Å². The lowest BCUT2D eigenvalue weighted by atomic mass is 10.1. The van der Waals surface area contributed by atoms with Crippen LogP contribution in [0.25, 0.3) is 0 Å². The molecule has 0 saturated carbocycles. The molecule has 0 aliphatic carbocycles. The Morgan fingerprint density at radius 1 is 1.21 bits per heavy atom. The Bertz CT molecular complexity index is 559. The molecule has 0 radical (unpaired) electrons. The van der Waals surface area contributed by atoms with Crippen molar-refractivity contribution in [2.45, 2.75) is 58.8 Å². The molecule has 1 aromatic carbocycles. The fourth-order valence-electron chi connectivity index (χ4n) is 2.92. The molecule has 24 heavy (non-hydrogen) atoms. The number of morpholine rings is 1. The van der Waals surface area contributed by atoms with Gasteiger partial charge in [-0.05, 0) is 51.8 Å². The maximum absolute atomic E-state index is 12.5. The molecule has 1 amide bonds. The van der Waals surface area contributed by atoms with Crippen LogP contribution in [-0.4, -0.2) is 48.0 Å². The molecular weight excluding hydrogens is 306 g/mol. The third-order valence-electron chi connectivity index (χ3n) is 4.08. The Balaban J connectivity index is 1.90. The Morgan fingerprint density at radius 3 is 2.33 bits per heavy atom. The van der Waals surface area contributed by atoms with E-state index in [2.05, 4.69) is 0 Å². The molecule has 2 rings (SSSR count). The van der Waals surface area contributed by atoms with Crippen LogP contribution >= 0.6 is 0 Å². The Kier molecular flexibility index (Phi) is 6.37. The van der Waals surface area contributed by atoms with E-state index in [1.807, 2.05) is 43.0 Å². The van der Waals surface area contributed by atoms with Crippen molar-refractivity contribution in [1.82, 2.24) is 4.90 Å². The zero-order valence-corrected chi connectivity index (χ0v) is 15.0. The van der Waals surface area contributed by atoms with Crippen LogP contribution in [-0.2, 0) is 20.7 Å². The van der Waals surface area contributed by atoms with Gasteiger partial charge in [0, 0.05) is 19.5 Å². The van der Waals surface area contributed by atoms with E-state index in [1.165, 1.54) is 0 Å². The first-order chi connectivity index (χ1) is 11.3. The van der Waals surface area contributed by atoms with E-state index < -0.39 is 6.10 Å². The SMILES string of the molecule is CC(=O)CCc1ccc(OC(C)C(=O)N2CC(C)OC(C)C2)cc1. The minimum Gasteiger partial charge on any atom is -0.481 e. The number of hydrogen-bond donors (Lipinski definition) is 0. The van der Waals surface area contributed by atoms with E-state index in [-0.39, 0.29) is 23.9 Å². The molecule has 0 spiro atoms. The standard InChI is InChI=1S/C19H27NO4/c1-13(21)5-6-17-7-9-18(10-8-17)24-16(4)19(22)20-11-14(2)23-15(3)12-20/h7-10,14-16H,5-6,11-12H2,1-4H3. The highest BCUT2D eigenvalue weighted by molar-refractivity contribution is 5.81. The van der Waals surface area contributed by atoms with Crippen molar-refractivity contribution in [2.24, 2.45) is 0 Å². The summed E-state index contributed by atoms with van der Waals surface area (Å²) in [4.78, 5) is 25.4. The molecule has 3 atom stereocenters. The first kappa shape index (κ1) is 18.5. The van der Waals surface area contributed by atoms with E-state index in [4.69, 9.17) is 9.47 Å². The van der Waals surface area contributed by atoms with Gasteiger partial charge in [0.2, 0.25) is 0 Å². The monoisotopic (exact) mass is 333 g/mol. The number of ether oxygens (including phenoxy) is 2. The van der Waals surface area contributed by atoms with Crippen LogP contribution in [0.4, 0.5) is 0 Å². The van der Waals surface area contributed by atoms with Gasteiger partial charge in [-0.3, -0.25) is 4.79 Å². The molecule has 0 bridgehead atoms. The molecule has 0 N–H and O–H groups in total. The molecule has 1 saturated heterocycles. The molecule has 1 fully saturated rings. The smallest absolute Gasteiger partial charge is 0.263 e. The Morgan fingerprint density at radius 2 is 1.79 bits per heavy atom. The van der Waals surface area contributed by atoms with Gasteiger partial charge in [-0.2, -0.15) is 0 Å². The maximum Gasteiger partial charge on any atom is 0.263 e. The van der Waals surface area contributed by atoms with Gasteiger partial charge >= 0.3 is 0 Å². The lowest BCUT2D eigenvalue weighted by Gasteiger charge is -2.36. The van der Waals surface area contributed by atoms with Gasteiger partial charge in [-0.25, -0.2) is 0 Å². The van der Waals surface area contributed by atoms with Gasteiger partial charge in [-0.1, -0.05) is 12.1 Å². The number of amides is 1. The summed E-state index contributed by atoms with van der Waals surface area (Å²) in [5, 5.41) is 0. The average Bonchev–Trinajstić information content (AvgIpc) is 2.52. The van der Waals surface area contributed by atoms with Crippen molar-refractivity contribution in [3.8, 4) is 5.75 Å². The molecule has 1 heterocycles. The predicted octanol–water partition coefficient (Wildman–Crippen LogP) is 2.61. The second kappa shape index (κ2) is 8.29. The third-order valence-corrected chi connectivity index (χ3v) is 4.08. The number of rotatable bonds is 6. The average molecular weight is 333 g/mol. The van der Waals surface area contributed by atoms with Crippen molar-refractivity contribution in [3.63, 3.8) is 0 Å². The van der Waals surface area contributed by atoms with Crippen LogP contribution < -0.4 is 4.74 Å². The normalized spacial score (nSPS) is 22.1. The van der Waals surface area contributed by atoms with Crippen molar-refractivity contribution >= 4 is 11.7 Å². The zero-order valence-electron chi connectivity index (χ0n) is 15.0. The Labute approximate surface area is 143 Å². The van der Waals surface area contributed by atoms with E-state index >= 15 is 0 Å². The number of ketones is 1. The van der Waals surface area contributed by atoms with Gasteiger partial charge in [0.15, 0.2) is 6.10 Å². The molecule has 132 valence electrons. The van der Waals surface area contributed by atoms with Crippen LogP contribution in [0.3, 0.4) is 0 Å². The van der Waals surface area contributed by atoms with Gasteiger partial charge in [0.05, 0.1) is 12.2 Å². The van der Waals surface area contributed by atoms with E-state index in [9.17, 15) is 9.59 Å². The number of Topliss-reactive ketones (excluding diaryl/α,β-unsaturated/α-hetero) is 1. The summed E-state index contributed by atoms with van der Waals surface area (Å²) in [6.07, 6.45) is 0.831. The number of carbonyl (C=O) groups is 2. The third kappa shape index (κ3) is 5.34. The highest BCUT2D eigenvalue weighted by atomic mass is 16.5. The summed E-state index contributed by atoms with van der Waals surface area (Å²) in [6.45, 7) is 8.51. The minimum atomic E-state index is -0.537. The second-order valence-electron chi connectivity index (χ2n) is 6.61. The van der Waals surface area contributed by atoms with Crippen LogP contribution in [0.2, 0.25) is 0 Å². The first-order valence-corrected chi connectivity index (χ1v) is 8.54. The molecule has 1 aromatic rings. The number of hydrogen-bond acceptors (Lipinski definition) is 4. The predicted molar refractivity (Wildman–Crippen MR) is 92.1 cm³/mol. The van der Waals surface area contributed by atoms with Crippen LogP contribution in [0.1, 0.15) is 39.7 Å². The highest BCUT2D eigenvalue weighted by Gasteiger charge is 2.29. The second-order valence-corrected chi connectivity index (χ2v) is 6.61. The van der Waals surface area contributed by atoms with Gasteiger partial charge in [0.25, 0.3) is 5.91 Å². The van der Waals surface area contributed by atoms with Gasteiger partial charge in [-0.15, -0.1) is 0 Å². The fourth-order valence-corrected chi connectivity index (χ4v) is 2.92. The summed E-state index contributed by atoms with van der Waals surface area (Å²) < 4.78 is 11.4. The quantitative estimate of drug-likeness (QED) is 0.803. The van der Waals surface area contributed by atoms with Crippen molar-refractivity contribution in [3.05, 3.63) is 29.8 Å². The Hall–Kier alpha value is -1.88. The topological polar surface area (TPSA) is 55.8 Å². The molecule has 0 aromatic heterocycles. The first-order valence-electron chi connectivity index (χ1n) is 8.54. The molecular formula is C19H27NO4. The van der Waals surface area contributed by atoms with Crippen LogP contribution in [0.5, 0.6) is 5.75 Å². The molecule has 5 nitrogen and oxygen atoms in total. The molecule has 1 aliphatic heterocycles. The summed E-state index contributed by atoms with van der Waals surface area (Å²) in [5.41, 5.74) is 1.09. The van der Waals surface area contributed by atoms with Crippen LogP contribution in [0.15, 0.2) is 24.3 Å². The summed E-state index contributed by atoms with van der Waals surface area (Å²) >= 11 is 0. The number of nitrogens with zero attached hydrogens (tertiary/aromatic N) is 1. The van der Waals surface area contributed by atoms with Crippen molar-refractivity contribution in [2.75, 3.05) is 13.1 Å². The van der Waals surface area contributed by atoms with Crippen molar-refractivity contribution < 1.29 is 19.1 Å². The lowest BCUT2D eigenvalue weighted by Crippen LogP contribution is -2.51. The largest absolute Gasteiger partial charge is 0.481 e. The lowest BCUT2D eigenvalue weighted by molar-refractivity contribution is -0.149. The maximum atomic E-state index is 12.5. The van der Waals surface area contributed by atoms with E-state index in [0.717, 1.165) is 12.0 Å².